The predicted molar refractivity (Wildman–Crippen MR) is 113 cm³/mol. The number of rotatable bonds is 6. The van der Waals surface area contributed by atoms with Crippen LogP contribution in [0.5, 0.6) is 5.75 Å². The van der Waals surface area contributed by atoms with E-state index < -0.39 is 10.0 Å². The van der Waals surface area contributed by atoms with Crippen molar-refractivity contribution in [2.24, 2.45) is 0 Å². The average Bonchev–Trinajstić information content (AvgIpc) is 2.69. The predicted octanol–water partition coefficient (Wildman–Crippen LogP) is 2.91. The van der Waals surface area contributed by atoms with E-state index in [2.05, 4.69) is 0 Å². The summed E-state index contributed by atoms with van der Waals surface area (Å²) >= 11 is 0. The molecule has 0 radical (unpaired) electrons. The zero-order valence-corrected chi connectivity index (χ0v) is 18.0. The van der Waals surface area contributed by atoms with E-state index in [1.54, 1.807) is 11.0 Å². The number of amides is 1. The molecule has 7 heteroatoms. The van der Waals surface area contributed by atoms with Gasteiger partial charge in [0.1, 0.15) is 5.75 Å². The Morgan fingerprint density at radius 1 is 0.931 bits per heavy atom. The normalized spacial score (nSPS) is 15.3. The third-order valence-electron chi connectivity index (χ3n) is 5.15. The maximum absolute atomic E-state index is 13.0. The summed E-state index contributed by atoms with van der Waals surface area (Å²) in [4.78, 5) is 14.5. The van der Waals surface area contributed by atoms with E-state index in [0.717, 1.165) is 22.4 Å². The van der Waals surface area contributed by atoms with E-state index in [1.165, 1.54) is 4.31 Å². The van der Waals surface area contributed by atoms with Gasteiger partial charge < -0.3 is 9.64 Å². The molecule has 1 fully saturated rings. The molecule has 2 aromatic carbocycles. The first-order valence-electron chi connectivity index (χ1n) is 9.82. The molecular formula is C22H28N2O4S. The Bertz CT molecular complexity index is 963. The van der Waals surface area contributed by atoms with E-state index in [4.69, 9.17) is 4.74 Å². The molecule has 1 aliphatic rings. The van der Waals surface area contributed by atoms with Crippen LogP contribution in [0.4, 0.5) is 0 Å². The highest BCUT2D eigenvalue weighted by Crippen LogP contribution is 2.22. The molecule has 3 rings (SSSR count). The van der Waals surface area contributed by atoms with Gasteiger partial charge in [0.25, 0.3) is 0 Å². The monoisotopic (exact) mass is 416 g/mol. The molecule has 0 aromatic heterocycles. The van der Waals surface area contributed by atoms with Crippen LogP contribution in [-0.2, 0) is 14.8 Å². The standard InChI is InChI=1S/C22H28N2O4S/c1-17-4-7-20(8-5-17)28-15-10-22(25)23-11-13-24(14-12-23)29(26,27)21-9-6-18(2)16-19(21)3/h4-9,16H,10-15H2,1-3H3. The van der Waals surface area contributed by atoms with Crippen molar-refractivity contribution in [1.82, 2.24) is 9.21 Å². The first-order chi connectivity index (χ1) is 13.8. The largest absolute Gasteiger partial charge is 0.493 e. The lowest BCUT2D eigenvalue weighted by Gasteiger charge is -2.34. The van der Waals surface area contributed by atoms with E-state index in [0.29, 0.717) is 37.7 Å². The lowest BCUT2D eigenvalue weighted by Crippen LogP contribution is -2.50. The fraction of sp³-hybridized carbons (Fsp3) is 0.409. The summed E-state index contributed by atoms with van der Waals surface area (Å²) < 4.78 is 33.0. The van der Waals surface area contributed by atoms with Crippen molar-refractivity contribution < 1.29 is 17.9 Å². The van der Waals surface area contributed by atoms with Crippen LogP contribution in [0.2, 0.25) is 0 Å². The fourth-order valence-electron chi connectivity index (χ4n) is 3.45. The number of ether oxygens (including phenoxy) is 1. The zero-order valence-electron chi connectivity index (χ0n) is 17.2. The van der Waals surface area contributed by atoms with Crippen LogP contribution < -0.4 is 4.74 Å². The van der Waals surface area contributed by atoms with Gasteiger partial charge in [-0.05, 0) is 44.5 Å². The third kappa shape index (κ3) is 5.16. The molecule has 6 nitrogen and oxygen atoms in total. The Kier molecular flexibility index (Phi) is 6.59. The van der Waals surface area contributed by atoms with Crippen molar-refractivity contribution in [3.05, 3.63) is 59.2 Å². The van der Waals surface area contributed by atoms with Gasteiger partial charge in [0, 0.05) is 26.2 Å². The molecule has 2 aromatic rings. The molecule has 0 N–H and O–H groups in total. The van der Waals surface area contributed by atoms with Gasteiger partial charge in [-0.2, -0.15) is 4.31 Å². The fourth-order valence-corrected chi connectivity index (χ4v) is 5.08. The number of aryl methyl sites for hydroxylation is 3. The van der Waals surface area contributed by atoms with Crippen LogP contribution in [0.15, 0.2) is 47.4 Å². The molecule has 1 aliphatic heterocycles. The lowest BCUT2D eigenvalue weighted by molar-refractivity contribution is -0.132. The van der Waals surface area contributed by atoms with E-state index in [1.807, 2.05) is 57.2 Å². The molecule has 0 unspecified atom stereocenters. The number of carbonyl (C=O) groups excluding carboxylic acids is 1. The lowest BCUT2D eigenvalue weighted by atomic mass is 10.2. The minimum Gasteiger partial charge on any atom is -0.493 e. The Balaban J connectivity index is 1.51. The summed E-state index contributed by atoms with van der Waals surface area (Å²) in [6.45, 7) is 7.47. The van der Waals surface area contributed by atoms with Gasteiger partial charge in [-0.1, -0.05) is 35.4 Å². The second-order valence-corrected chi connectivity index (χ2v) is 9.37. The third-order valence-corrected chi connectivity index (χ3v) is 7.20. The van der Waals surface area contributed by atoms with Crippen molar-refractivity contribution in [3.8, 4) is 5.75 Å². The van der Waals surface area contributed by atoms with Gasteiger partial charge in [0.15, 0.2) is 0 Å². The Hall–Kier alpha value is -2.38. The van der Waals surface area contributed by atoms with E-state index >= 15 is 0 Å². The summed E-state index contributed by atoms with van der Waals surface area (Å²) in [5, 5.41) is 0. The quantitative estimate of drug-likeness (QED) is 0.726. The summed E-state index contributed by atoms with van der Waals surface area (Å²) in [5.41, 5.74) is 2.93. The van der Waals surface area contributed by atoms with Crippen molar-refractivity contribution in [3.63, 3.8) is 0 Å². The second-order valence-electron chi connectivity index (χ2n) is 7.47. The molecule has 1 amide bonds. The summed E-state index contributed by atoms with van der Waals surface area (Å²) in [6, 6.07) is 13.1. The number of hydrogen-bond donors (Lipinski definition) is 0. The summed E-state index contributed by atoms with van der Waals surface area (Å²) in [6.07, 6.45) is 0.275. The van der Waals surface area contributed by atoms with Crippen LogP contribution in [0, 0.1) is 20.8 Å². The minimum absolute atomic E-state index is 0.0133. The molecule has 0 bridgehead atoms. The van der Waals surface area contributed by atoms with Gasteiger partial charge in [0.2, 0.25) is 15.9 Å². The second kappa shape index (κ2) is 8.97. The smallest absolute Gasteiger partial charge is 0.243 e. The van der Waals surface area contributed by atoms with Gasteiger partial charge in [-0.3, -0.25) is 4.79 Å². The molecule has 156 valence electrons. The maximum Gasteiger partial charge on any atom is 0.243 e. The van der Waals surface area contributed by atoms with Gasteiger partial charge in [-0.25, -0.2) is 8.42 Å². The van der Waals surface area contributed by atoms with Gasteiger partial charge >= 0.3 is 0 Å². The summed E-state index contributed by atoms with van der Waals surface area (Å²) in [7, 11) is -3.54. The molecule has 0 aliphatic carbocycles. The maximum atomic E-state index is 13.0. The van der Waals surface area contributed by atoms with E-state index in [-0.39, 0.29) is 12.3 Å². The van der Waals surface area contributed by atoms with Crippen LogP contribution >= 0.6 is 0 Å². The Morgan fingerprint density at radius 3 is 2.17 bits per heavy atom. The highest BCUT2D eigenvalue weighted by Gasteiger charge is 2.30. The van der Waals surface area contributed by atoms with Crippen LogP contribution in [0.3, 0.4) is 0 Å². The molecule has 1 saturated heterocycles. The SMILES string of the molecule is Cc1ccc(OCCC(=O)N2CCN(S(=O)(=O)c3ccc(C)cc3C)CC2)cc1. The molecule has 0 atom stereocenters. The molecule has 1 heterocycles. The number of benzene rings is 2. The van der Waals surface area contributed by atoms with Crippen molar-refractivity contribution >= 4 is 15.9 Å². The average molecular weight is 417 g/mol. The van der Waals surface area contributed by atoms with Crippen molar-refractivity contribution in [1.29, 1.82) is 0 Å². The molecule has 0 spiro atoms. The van der Waals surface area contributed by atoms with Gasteiger partial charge in [-0.15, -0.1) is 0 Å². The molecule has 29 heavy (non-hydrogen) atoms. The Morgan fingerprint density at radius 2 is 1.55 bits per heavy atom. The van der Waals surface area contributed by atoms with Crippen LogP contribution in [-0.4, -0.2) is 56.3 Å². The molecular weight excluding hydrogens is 388 g/mol. The summed E-state index contributed by atoms with van der Waals surface area (Å²) in [5.74, 6) is 0.730. The van der Waals surface area contributed by atoms with E-state index in [9.17, 15) is 13.2 Å². The van der Waals surface area contributed by atoms with Crippen molar-refractivity contribution in [2.45, 2.75) is 32.1 Å². The number of piperazine rings is 1. The number of hydrogen-bond acceptors (Lipinski definition) is 4. The number of sulfonamides is 1. The molecule has 0 saturated carbocycles. The first-order valence-corrected chi connectivity index (χ1v) is 11.3. The first kappa shape index (κ1) is 21.3. The number of nitrogens with zero attached hydrogens (tertiary/aromatic N) is 2. The number of carbonyl (C=O) groups is 1. The topological polar surface area (TPSA) is 66.9 Å². The zero-order chi connectivity index (χ0) is 21.0. The highest BCUT2D eigenvalue weighted by molar-refractivity contribution is 7.89. The van der Waals surface area contributed by atoms with Crippen molar-refractivity contribution in [2.75, 3.05) is 32.8 Å². The Labute approximate surface area is 173 Å². The van der Waals surface area contributed by atoms with Crippen LogP contribution in [0.25, 0.3) is 0 Å². The minimum atomic E-state index is -3.54. The highest BCUT2D eigenvalue weighted by atomic mass is 32.2. The van der Waals surface area contributed by atoms with Crippen LogP contribution in [0.1, 0.15) is 23.1 Å². The van der Waals surface area contributed by atoms with Gasteiger partial charge in [0.05, 0.1) is 17.9 Å².